The number of carbonyl (C=O) groups excluding carboxylic acids is 1. The van der Waals surface area contributed by atoms with Crippen LogP contribution in [0.1, 0.15) is 19.8 Å². The number of carbonyl (C=O) groups is 1. The zero-order valence-electron chi connectivity index (χ0n) is 9.20. The van der Waals surface area contributed by atoms with Gasteiger partial charge >= 0.3 is 0 Å². The van der Waals surface area contributed by atoms with Gasteiger partial charge in [0.15, 0.2) is 9.84 Å². The van der Waals surface area contributed by atoms with E-state index in [0.717, 1.165) is 12.8 Å². The lowest BCUT2D eigenvalue weighted by Crippen LogP contribution is -2.34. The Morgan fingerprint density at radius 2 is 2.00 bits per heavy atom. The van der Waals surface area contributed by atoms with Crippen LogP contribution in [0, 0.1) is 0 Å². The minimum Gasteiger partial charge on any atom is -0.345 e. The Kier molecular flexibility index (Phi) is 7.50. The molecule has 0 rings (SSSR count). The van der Waals surface area contributed by atoms with Crippen molar-refractivity contribution in [2.45, 2.75) is 19.8 Å². The summed E-state index contributed by atoms with van der Waals surface area (Å²) in [5, 5.41) is 0. The number of hydrogen-bond acceptors (Lipinski definition) is 3. The highest BCUT2D eigenvalue weighted by atomic mass is 127. The zero-order chi connectivity index (χ0) is 11.9. The van der Waals surface area contributed by atoms with E-state index in [1.54, 1.807) is 7.05 Å². The first-order chi connectivity index (χ1) is 6.93. The van der Waals surface area contributed by atoms with Crippen molar-refractivity contribution in [2.75, 3.05) is 29.5 Å². The van der Waals surface area contributed by atoms with Crippen LogP contribution in [0.2, 0.25) is 0 Å². The van der Waals surface area contributed by atoms with Crippen molar-refractivity contribution < 1.29 is 13.2 Å². The first kappa shape index (κ1) is 15.2. The third-order valence-electron chi connectivity index (χ3n) is 2.00. The van der Waals surface area contributed by atoms with Gasteiger partial charge in [-0.05, 0) is 6.42 Å². The monoisotopic (exact) mass is 347 g/mol. The maximum Gasteiger partial charge on any atom is 0.237 e. The van der Waals surface area contributed by atoms with E-state index in [2.05, 4.69) is 0 Å². The Morgan fingerprint density at radius 1 is 1.40 bits per heavy atom. The van der Waals surface area contributed by atoms with E-state index >= 15 is 0 Å². The number of sulfone groups is 1. The molecule has 0 aliphatic heterocycles. The maximum absolute atomic E-state index is 11.5. The van der Waals surface area contributed by atoms with Gasteiger partial charge in [-0.25, -0.2) is 8.42 Å². The molecule has 0 radical (unpaired) electrons. The second-order valence-electron chi connectivity index (χ2n) is 3.45. The van der Waals surface area contributed by atoms with Crippen LogP contribution in [-0.4, -0.2) is 48.8 Å². The molecule has 0 aromatic heterocycles. The highest BCUT2D eigenvalue weighted by molar-refractivity contribution is 14.1. The van der Waals surface area contributed by atoms with Gasteiger partial charge in [0.05, 0.1) is 5.75 Å². The third kappa shape index (κ3) is 7.10. The molecule has 1 amide bonds. The lowest BCUT2D eigenvalue weighted by molar-refractivity contribution is -0.127. The lowest BCUT2D eigenvalue weighted by Gasteiger charge is -2.16. The number of amides is 1. The van der Waals surface area contributed by atoms with E-state index in [0.29, 0.717) is 11.0 Å². The molecule has 0 N–H and O–H groups in total. The number of hydrogen-bond donors (Lipinski definition) is 0. The first-order valence-electron chi connectivity index (χ1n) is 4.93. The summed E-state index contributed by atoms with van der Waals surface area (Å²) in [5.74, 6) is -0.565. The number of halogens is 1. The van der Waals surface area contributed by atoms with Crippen LogP contribution in [0.4, 0.5) is 0 Å². The number of nitrogens with zero attached hydrogens (tertiary/aromatic N) is 1. The molecule has 90 valence electrons. The fraction of sp³-hybridized carbons (Fsp3) is 0.889. The molecule has 0 spiro atoms. The van der Waals surface area contributed by atoms with Crippen LogP contribution in [0.25, 0.3) is 0 Å². The first-order valence-corrected chi connectivity index (χ1v) is 8.28. The van der Waals surface area contributed by atoms with Gasteiger partial charge in [0.2, 0.25) is 5.91 Å². The molecule has 0 saturated carbocycles. The predicted octanol–water partition coefficient (Wildman–Crippen LogP) is 1.09. The van der Waals surface area contributed by atoms with Gasteiger partial charge in [-0.3, -0.25) is 4.79 Å². The van der Waals surface area contributed by atoms with Crippen LogP contribution in [0.3, 0.4) is 0 Å². The largest absolute Gasteiger partial charge is 0.345 e. The molecule has 0 bridgehead atoms. The normalized spacial score (nSPS) is 11.4. The van der Waals surface area contributed by atoms with Crippen molar-refractivity contribution >= 4 is 38.3 Å². The third-order valence-corrected chi connectivity index (χ3v) is 4.79. The lowest BCUT2D eigenvalue weighted by atomic mass is 10.3. The number of unbranched alkanes of at least 4 members (excludes halogenated alkanes) is 1. The van der Waals surface area contributed by atoms with Crippen molar-refractivity contribution in [2.24, 2.45) is 0 Å². The molecule has 0 saturated heterocycles. The molecule has 0 unspecified atom stereocenters. The number of alkyl halides is 1. The van der Waals surface area contributed by atoms with Gasteiger partial charge in [-0.1, -0.05) is 35.9 Å². The average molecular weight is 347 g/mol. The smallest absolute Gasteiger partial charge is 0.237 e. The van der Waals surface area contributed by atoms with Crippen molar-refractivity contribution in [1.82, 2.24) is 4.90 Å². The Morgan fingerprint density at radius 3 is 2.47 bits per heavy atom. The van der Waals surface area contributed by atoms with E-state index in [4.69, 9.17) is 0 Å². The molecule has 0 fully saturated rings. The Bertz CT molecular complexity index is 290. The minimum absolute atomic E-state index is 0.0842. The fourth-order valence-electron chi connectivity index (χ4n) is 1.01. The highest BCUT2D eigenvalue weighted by Crippen LogP contribution is 1.98. The summed E-state index contributed by atoms with van der Waals surface area (Å²) in [5.41, 5.74) is 0. The molecule has 0 heterocycles. The summed E-state index contributed by atoms with van der Waals surface area (Å²) in [6, 6.07) is 0. The van der Waals surface area contributed by atoms with Crippen molar-refractivity contribution in [3.63, 3.8) is 0 Å². The molecule has 0 aliphatic rings. The Labute approximate surface area is 105 Å². The summed E-state index contributed by atoms with van der Waals surface area (Å²) in [6.07, 6.45) is 1.91. The molecule has 0 aromatic carbocycles. The van der Waals surface area contributed by atoms with Crippen molar-refractivity contribution in [1.29, 1.82) is 0 Å². The van der Waals surface area contributed by atoms with Gasteiger partial charge in [-0.2, -0.15) is 0 Å². The van der Waals surface area contributed by atoms with Gasteiger partial charge in [0.25, 0.3) is 0 Å². The van der Waals surface area contributed by atoms with E-state index in [-0.39, 0.29) is 17.4 Å². The van der Waals surface area contributed by atoms with Gasteiger partial charge in [0.1, 0.15) is 5.75 Å². The zero-order valence-corrected chi connectivity index (χ0v) is 12.2. The summed E-state index contributed by atoms with van der Waals surface area (Å²) in [7, 11) is -1.55. The average Bonchev–Trinajstić information content (AvgIpc) is 2.13. The quantitative estimate of drug-likeness (QED) is 0.512. The highest BCUT2D eigenvalue weighted by Gasteiger charge is 2.18. The fourth-order valence-corrected chi connectivity index (χ4v) is 4.00. The summed E-state index contributed by atoms with van der Waals surface area (Å²) in [4.78, 5) is 13.0. The van der Waals surface area contributed by atoms with Gasteiger partial charge < -0.3 is 4.90 Å². The SMILES string of the molecule is CCCCN(C)C(=O)CS(=O)(=O)CCI. The van der Waals surface area contributed by atoms with Crippen LogP contribution < -0.4 is 0 Å². The van der Waals surface area contributed by atoms with Gasteiger partial charge in [0, 0.05) is 18.0 Å². The van der Waals surface area contributed by atoms with Crippen LogP contribution in [0.5, 0.6) is 0 Å². The molecular formula is C9H18INO3S. The molecule has 15 heavy (non-hydrogen) atoms. The Hall–Kier alpha value is 0.150. The van der Waals surface area contributed by atoms with E-state index < -0.39 is 9.84 Å². The second kappa shape index (κ2) is 7.43. The topological polar surface area (TPSA) is 54.5 Å². The molecule has 6 heteroatoms. The minimum atomic E-state index is -3.20. The molecule has 0 aromatic rings. The summed E-state index contributed by atoms with van der Waals surface area (Å²) < 4.78 is 23.3. The van der Waals surface area contributed by atoms with Crippen LogP contribution >= 0.6 is 22.6 Å². The van der Waals surface area contributed by atoms with Crippen LogP contribution in [-0.2, 0) is 14.6 Å². The summed E-state index contributed by atoms with van der Waals surface area (Å²) >= 11 is 2.00. The number of rotatable bonds is 7. The standard InChI is InChI=1S/C9H18INO3S/c1-3-4-6-11(2)9(12)8-15(13,14)7-5-10/h3-8H2,1-2H3. The maximum atomic E-state index is 11.5. The van der Waals surface area contributed by atoms with Gasteiger partial charge in [-0.15, -0.1) is 0 Å². The van der Waals surface area contributed by atoms with E-state index in [1.165, 1.54) is 4.90 Å². The molecule has 4 nitrogen and oxygen atoms in total. The van der Waals surface area contributed by atoms with Crippen LogP contribution in [0.15, 0.2) is 0 Å². The van der Waals surface area contributed by atoms with E-state index in [9.17, 15) is 13.2 Å². The predicted molar refractivity (Wildman–Crippen MR) is 70.1 cm³/mol. The Balaban J connectivity index is 4.12. The second-order valence-corrected chi connectivity index (χ2v) is 6.71. The molecule has 0 atom stereocenters. The van der Waals surface area contributed by atoms with Crippen molar-refractivity contribution in [3.8, 4) is 0 Å². The molecule has 0 aliphatic carbocycles. The van der Waals surface area contributed by atoms with E-state index in [1.807, 2.05) is 29.5 Å². The molecular weight excluding hydrogens is 329 g/mol. The summed E-state index contributed by atoms with van der Waals surface area (Å²) in [6.45, 7) is 2.67. The van der Waals surface area contributed by atoms with Crippen molar-refractivity contribution in [3.05, 3.63) is 0 Å².